The lowest BCUT2D eigenvalue weighted by molar-refractivity contribution is 0.0945. The van der Waals surface area contributed by atoms with E-state index in [9.17, 15) is 9.18 Å². The molecule has 7 heteroatoms. The van der Waals surface area contributed by atoms with Gasteiger partial charge < -0.3 is 10.1 Å². The van der Waals surface area contributed by atoms with Gasteiger partial charge in [-0.3, -0.25) is 4.79 Å². The first-order chi connectivity index (χ1) is 13.4. The van der Waals surface area contributed by atoms with Crippen LogP contribution in [0.2, 0.25) is 5.02 Å². The van der Waals surface area contributed by atoms with Crippen LogP contribution in [-0.4, -0.2) is 17.4 Å². The van der Waals surface area contributed by atoms with E-state index in [1.165, 1.54) is 17.4 Å². The van der Waals surface area contributed by atoms with E-state index in [4.69, 9.17) is 16.3 Å². The number of rotatable bonds is 7. The van der Waals surface area contributed by atoms with Gasteiger partial charge in [0, 0.05) is 23.1 Å². The van der Waals surface area contributed by atoms with Gasteiger partial charge in [-0.2, -0.15) is 0 Å². The highest BCUT2D eigenvalue weighted by atomic mass is 35.5. The van der Waals surface area contributed by atoms with Crippen LogP contribution in [0.25, 0.3) is 10.6 Å². The lowest BCUT2D eigenvalue weighted by atomic mass is 10.2. The second-order valence-corrected chi connectivity index (χ2v) is 7.92. The van der Waals surface area contributed by atoms with Crippen molar-refractivity contribution in [3.05, 3.63) is 69.9 Å². The molecule has 3 aromatic rings. The van der Waals surface area contributed by atoms with Crippen LogP contribution < -0.4 is 10.1 Å². The molecular formula is C21H20ClFN2O2S. The first kappa shape index (κ1) is 20.3. The van der Waals surface area contributed by atoms with Crippen molar-refractivity contribution in [1.29, 1.82) is 0 Å². The summed E-state index contributed by atoms with van der Waals surface area (Å²) in [5.74, 6) is 0.413. The number of carbonyl (C=O) groups is 1. The standard InChI is InChI=1S/C21H20ClFN2O2S/c1-13(2)10-24-20(26)19-12-28-21(25-19)14-6-8-15(9-7-14)27-11-16-17(22)4-3-5-18(16)23/h3-9,12-13H,10-11H2,1-2H3,(H,24,26). The quantitative estimate of drug-likeness (QED) is 0.545. The Hall–Kier alpha value is -2.44. The van der Waals surface area contributed by atoms with Crippen molar-refractivity contribution in [2.24, 2.45) is 5.92 Å². The summed E-state index contributed by atoms with van der Waals surface area (Å²) in [5.41, 5.74) is 1.62. The Morgan fingerprint density at radius 3 is 2.68 bits per heavy atom. The lowest BCUT2D eigenvalue weighted by Gasteiger charge is -2.09. The number of hydrogen-bond acceptors (Lipinski definition) is 4. The maximum Gasteiger partial charge on any atom is 0.270 e. The van der Waals surface area contributed by atoms with Crippen LogP contribution in [0.3, 0.4) is 0 Å². The summed E-state index contributed by atoms with van der Waals surface area (Å²) in [4.78, 5) is 16.5. The fourth-order valence-electron chi connectivity index (χ4n) is 2.42. The van der Waals surface area contributed by atoms with E-state index < -0.39 is 5.82 Å². The van der Waals surface area contributed by atoms with Crippen LogP contribution in [0.4, 0.5) is 4.39 Å². The second kappa shape index (κ2) is 9.17. The zero-order chi connectivity index (χ0) is 20.1. The minimum absolute atomic E-state index is 0.0439. The maximum atomic E-state index is 13.8. The van der Waals surface area contributed by atoms with E-state index in [1.54, 1.807) is 29.6 Å². The molecule has 0 bridgehead atoms. The van der Waals surface area contributed by atoms with Gasteiger partial charge in [0.2, 0.25) is 0 Å². The summed E-state index contributed by atoms with van der Waals surface area (Å²) in [6.07, 6.45) is 0. The summed E-state index contributed by atoms with van der Waals surface area (Å²) >= 11 is 7.41. The molecule has 1 heterocycles. The van der Waals surface area contributed by atoms with Crippen LogP contribution in [0.15, 0.2) is 47.8 Å². The first-order valence-corrected chi connectivity index (χ1v) is 10.1. The minimum atomic E-state index is -0.393. The van der Waals surface area contributed by atoms with Crippen molar-refractivity contribution in [3.8, 4) is 16.3 Å². The van der Waals surface area contributed by atoms with E-state index in [-0.39, 0.29) is 12.5 Å². The van der Waals surface area contributed by atoms with Crippen molar-refractivity contribution in [1.82, 2.24) is 10.3 Å². The number of halogens is 2. The second-order valence-electron chi connectivity index (χ2n) is 6.66. The number of nitrogens with zero attached hydrogens (tertiary/aromatic N) is 1. The Morgan fingerprint density at radius 2 is 2.00 bits per heavy atom. The van der Waals surface area contributed by atoms with Crippen molar-refractivity contribution in [2.45, 2.75) is 20.5 Å². The molecule has 1 amide bonds. The Balaban J connectivity index is 1.64. The minimum Gasteiger partial charge on any atom is -0.489 e. The molecule has 1 N–H and O–H groups in total. The van der Waals surface area contributed by atoms with Crippen LogP contribution in [0.1, 0.15) is 29.9 Å². The van der Waals surface area contributed by atoms with E-state index in [2.05, 4.69) is 10.3 Å². The van der Waals surface area contributed by atoms with Crippen molar-refractivity contribution in [2.75, 3.05) is 6.54 Å². The Kier molecular flexibility index (Phi) is 6.65. The van der Waals surface area contributed by atoms with Crippen LogP contribution in [-0.2, 0) is 6.61 Å². The predicted octanol–water partition coefficient (Wildman–Crippen LogP) is 5.57. The monoisotopic (exact) mass is 418 g/mol. The molecule has 0 spiro atoms. The normalized spacial score (nSPS) is 10.9. The number of hydrogen-bond donors (Lipinski definition) is 1. The Bertz CT molecular complexity index is 937. The van der Waals surface area contributed by atoms with Crippen LogP contribution >= 0.6 is 22.9 Å². The van der Waals surface area contributed by atoms with E-state index in [0.717, 1.165) is 10.6 Å². The number of benzene rings is 2. The third-order valence-electron chi connectivity index (χ3n) is 3.95. The molecule has 146 valence electrons. The Labute approximate surface area is 172 Å². The Morgan fingerprint density at radius 1 is 1.25 bits per heavy atom. The molecule has 0 atom stereocenters. The smallest absolute Gasteiger partial charge is 0.270 e. The van der Waals surface area contributed by atoms with E-state index in [0.29, 0.717) is 34.5 Å². The number of amides is 1. The van der Waals surface area contributed by atoms with Crippen molar-refractivity contribution >= 4 is 28.8 Å². The number of ether oxygens (including phenoxy) is 1. The molecule has 0 unspecified atom stereocenters. The molecule has 0 saturated heterocycles. The summed E-state index contributed by atoms with van der Waals surface area (Å²) in [6.45, 7) is 4.74. The first-order valence-electron chi connectivity index (χ1n) is 8.84. The third-order valence-corrected chi connectivity index (χ3v) is 5.20. The fraction of sp³-hybridized carbons (Fsp3) is 0.238. The molecule has 3 rings (SSSR count). The summed E-state index contributed by atoms with van der Waals surface area (Å²) in [7, 11) is 0. The highest BCUT2D eigenvalue weighted by Gasteiger charge is 2.12. The van der Waals surface area contributed by atoms with Gasteiger partial charge in [0.05, 0.1) is 5.02 Å². The van der Waals surface area contributed by atoms with Gasteiger partial charge in [-0.25, -0.2) is 9.37 Å². The van der Waals surface area contributed by atoms with Gasteiger partial charge in [-0.05, 0) is 42.3 Å². The number of thiazole rings is 1. The van der Waals surface area contributed by atoms with Gasteiger partial charge in [-0.15, -0.1) is 11.3 Å². The van der Waals surface area contributed by atoms with Crippen molar-refractivity contribution < 1.29 is 13.9 Å². The molecule has 0 aliphatic rings. The SMILES string of the molecule is CC(C)CNC(=O)c1csc(-c2ccc(OCc3c(F)cccc3Cl)cc2)n1. The maximum absolute atomic E-state index is 13.8. The molecular weight excluding hydrogens is 399 g/mol. The van der Waals surface area contributed by atoms with E-state index in [1.807, 2.05) is 26.0 Å². The number of aromatic nitrogens is 1. The fourth-order valence-corrected chi connectivity index (χ4v) is 3.44. The third kappa shape index (κ3) is 5.09. The molecule has 4 nitrogen and oxygen atoms in total. The largest absolute Gasteiger partial charge is 0.489 e. The average molecular weight is 419 g/mol. The summed E-state index contributed by atoms with van der Waals surface area (Å²) in [5, 5.41) is 5.69. The van der Waals surface area contributed by atoms with Gasteiger partial charge in [-0.1, -0.05) is 31.5 Å². The molecule has 0 aliphatic heterocycles. The van der Waals surface area contributed by atoms with Gasteiger partial charge in [0.1, 0.15) is 28.9 Å². The molecule has 0 saturated carbocycles. The lowest BCUT2D eigenvalue weighted by Crippen LogP contribution is -2.27. The van der Waals surface area contributed by atoms with Crippen LogP contribution in [0, 0.1) is 11.7 Å². The van der Waals surface area contributed by atoms with Crippen molar-refractivity contribution in [3.63, 3.8) is 0 Å². The van der Waals surface area contributed by atoms with Crippen LogP contribution in [0.5, 0.6) is 5.75 Å². The van der Waals surface area contributed by atoms with Gasteiger partial charge in [0.15, 0.2) is 0 Å². The molecule has 28 heavy (non-hydrogen) atoms. The number of carbonyl (C=O) groups excluding carboxylic acids is 1. The zero-order valence-corrected chi connectivity index (χ0v) is 17.1. The topological polar surface area (TPSA) is 51.2 Å². The van der Waals surface area contributed by atoms with Gasteiger partial charge in [0.25, 0.3) is 5.91 Å². The van der Waals surface area contributed by atoms with E-state index >= 15 is 0 Å². The molecule has 0 radical (unpaired) electrons. The van der Waals surface area contributed by atoms with Gasteiger partial charge >= 0.3 is 0 Å². The molecule has 2 aromatic carbocycles. The molecule has 1 aromatic heterocycles. The summed E-state index contributed by atoms with van der Waals surface area (Å²) in [6, 6.07) is 11.8. The highest BCUT2D eigenvalue weighted by molar-refractivity contribution is 7.13. The molecule has 0 fully saturated rings. The number of nitrogens with one attached hydrogen (secondary N) is 1. The highest BCUT2D eigenvalue weighted by Crippen LogP contribution is 2.27. The predicted molar refractivity (Wildman–Crippen MR) is 110 cm³/mol. The zero-order valence-electron chi connectivity index (χ0n) is 15.5. The average Bonchev–Trinajstić information content (AvgIpc) is 3.16. The summed E-state index contributed by atoms with van der Waals surface area (Å²) < 4.78 is 19.4. The molecule has 0 aliphatic carbocycles.